The van der Waals surface area contributed by atoms with Crippen LogP contribution in [0.1, 0.15) is 11.3 Å². The molecule has 1 aliphatic rings. The fourth-order valence-corrected chi connectivity index (χ4v) is 1.68. The number of nitrogen functional groups attached to an aromatic ring is 1. The quantitative estimate of drug-likeness (QED) is 0.583. The van der Waals surface area contributed by atoms with Crippen LogP contribution in [0.15, 0.2) is 12.4 Å². The zero-order valence-electron chi connectivity index (χ0n) is 8.40. The average Bonchev–Trinajstić information content (AvgIpc) is 2.64. The number of aliphatic hydroxyl groups is 1. The van der Waals surface area contributed by atoms with Gasteiger partial charge >= 0.3 is 0 Å². The molecule has 1 aromatic heterocycles. The lowest BCUT2D eigenvalue weighted by atomic mass is 10.2. The van der Waals surface area contributed by atoms with Gasteiger partial charge in [0.2, 0.25) is 0 Å². The maximum absolute atomic E-state index is 8.65. The van der Waals surface area contributed by atoms with Crippen molar-refractivity contribution < 1.29 is 5.11 Å². The van der Waals surface area contributed by atoms with Crippen molar-refractivity contribution in [3.05, 3.63) is 23.7 Å². The summed E-state index contributed by atoms with van der Waals surface area (Å²) in [4.78, 5) is 8.17. The van der Waals surface area contributed by atoms with Crippen molar-refractivity contribution in [1.82, 2.24) is 15.3 Å². The first-order chi connectivity index (χ1) is 7.33. The van der Waals surface area contributed by atoms with Gasteiger partial charge in [-0.3, -0.25) is 0 Å². The van der Waals surface area contributed by atoms with E-state index < -0.39 is 0 Å². The van der Waals surface area contributed by atoms with Crippen molar-refractivity contribution in [3.63, 3.8) is 0 Å². The number of nitrogens with zero attached hydrogens (tertiary/aromatic N) is 2. The van der Waals surface area contributed by atoms with Crippen LogP contribution in [-0.2, 0) is 6.42 Å². The summed E-state index contributed by atoms with van der Waals surface area (Å²) >= 11 is 0. The minimum atomic E-state index is 0.145. The highest BCUT2D eigenvalue weighted by Crippen LogP contribution is 2.27. The van der Waals surface area contributed by atoms with Gasteiger partial charge in [0.15, 0.2) is 0 Å². The Labute approximate surface area is 88.0 Å². The summed E-state index contributed by atoms with van der Waals surface area (Å²) in [5.41, 5.74) is 8.83. The van der Waals surface area contributed by atoms with Gasteiger partial charge in [-0.25, -0.2) is 9.97 Å². The van der Waals surface area contributed by atoms with Crippen molar-refractivity contribution in [3.8, 4) is 0 Å². The van der Waals surface area contributed by atoms with Crippen LogP contribution in [0.5, 0.6) is 0 Å². The Balaban J connectivity index is 2.10. The normalized spacial score (nSPS) is 13.8. The van der Waals surface area contributed by atoms with Crippen LogP contribution in [0.25, 0.3) is 5.57 Å². The van der Waals surface area contributed by atoms with Gasteiger partial charge in [0.25, 0.3) is 0 Å². The molecule has 0 aromatic carbocycles. The zero-order chi connectivity index (χ0) is 10.7. The molecular formula is C10H14N4O. The largest absolute Gasteiger partial charge is 0.395 e. The third-order valence-corrected chi connectivity index (χ3v) is 2.44. The highest BCUT2D eigenvalue weighted by atomic mass is 16.3. The Morgan fingerprint density at radius 2 is 2.33 bits per heavy atom. The van der Waals surface area contributed by atoms with E-state index in [4.69, 9.17) is 10.8 Å². The Morgan fingerprint density at radius 1 is 1.47 bits per heavy atom. The molecule has 0 saturated heterocycles. The van der Waals surface area contributed by atoms with Crippen LogP contribution < -0.4 is 11.1 Å². The number of aliphatic hydroxyl groups excluding tert-OH is 1. The predicted molar refractivity (Wildman–Crippen MR) is 58.1 cm³/mol. The molecule has 5 nitrogen and oxygen atoms in total. The number of rotatable bonds is 4. The van der Waals surface area contributed by atoms with Crippen molar-refractivity contribution in [2.24, 2.45) is 0 Å². The first-order valence-corrected chi connectivity index (χ1v) is 4.93. The first kappa shape index (κ1) is 10.1. The van der Waals surface area contributed by atoms with Gasteiger partial charge in [-0.15, -0.1) is 0 Å². The summed E-state index contributed by atoms with van der Waals surface area (Å²) in [6, 6.07) is 0. The molecule has 4 N–H and O–H groups in total. The molecule has 5 heteroatoms. The maximum atomic E-state index is 8.65. The molecule has 1 aromatic rings. The number of allylic oxidation sites excluding steroid dienone is 1. The lowest BCUT2D eigenvalue weighted by molar-refractivity contribution is 0.295. The van der Waals surface area contributed by atoms with E-state index in [1.54, 1.807) is 0 Å². The fourth-order valence-electron chi connectivity index (χ4n) is 1.68. The van der Waals surface area contributed by atoms with Crippen molar-refractivity contribution in [2.75, 3.05) is 25.4 Å². The van der Waals surface area contributed by atoms with Crippen molar-refractivity contribution in [2.45, 2.75) is 6.42 Å². The number of hydrogen-bond acceptors (Lipinski definition) is 5. The number of anilines is 1. The Morgan fingerprint density at radius 3 is 3.13 bits per heavy atom. The van der Waals surface area contributed by atoms with Crippen LogP contribution in [0.2, 0.25) is 0 Å². The molecule has 1 heterocycles. The molecule has 0 amide bonds. The molecule has 0 spiro atoms. The summed E-state index contributed by atoms with van der Waals surface area (Å²) in [7, 11) is 0. The van der Waals surface area contributed by atoms with Crippen LogP contribution in [0, 0.1) is 0 Å². The minimum absolute atomic E-state index is 0.145. The molecule has 0 aliphatic heterocycles. The molecule has 80 valence electrons. The third-order valence-electron chi connectivity index (χ3n) is 2.44. The van der Waals surface area contributed by atoms with Crippen LogP contribution in [-0.4, -0.2) is 34.8 Å². The number of fused-ring (bicyclic) bond motifs is 1. The SMILES string of the molecule is Nc1ncnc2c1CC=C2CNCCO. The number of hydrogen-bond donors (Lipinski definition) is 3. The number of nitrogens with two attached hydrogens (primary N) is 1. The Bertz CT molecular complexity index is 389. The van der Waals surface area contributed by atoms with E-state index in [1.165, 1.54) is 6.33 Å². The van der Waals surface area contributed by atoms with E-state index in [2.05, 4.69) is 21.4 Å². The van der Waals surface area contributed by atoms with Crippen molar-refractivity contribution in [1.29, 1.82) is 0 Å². The summed E-state index contributed by atoms with van der Waals surface area (Å²) in [6.45, 7) is 1.45. The minimum Gasteiger partial charge on any atom is -0.395 e. The van der Waals surface area contributed by atoms with Crippen LogP contribution in [0.3, 0.4) is 0 Å². The lowest BCUT2D eigenvalue weighted by Gasteiger charge is -2.06. The Kier molecular flexibility index (Phi) is 2.94. The summed E-state index contributed by atoms with van der Waals surface area (Å²) in [6.07, 6.45) is 4.39. The van der Waals surface area contributed by atoms with Gasteiger partial charge in [0.1, 0.15) is 12.1 Å². The molecule has 15 heavy (non-hydrogen) atoms. The van der Waals surface area contributed by atoms with Gasteiger partial charge < -0.3 is 16.2 Å². The van der Waals surface area contributed by atoms with Crippen molar-refractivity contribution >= 4 is 11.4 Å². The fraction of sp³-hybridized carbons (Fsp3) is 0.400. The highest BCUT2D eigenvalue weighted by Gasteiger charge is 2.17. The first-order valence-electron chi connectivity index (χ1n) is 4.93. The van der Waals surface area contributed by atoms with E-state index in [0.29, 0.717) is 18.9 Å². The van der Waals surface area contributed by atoms with Gasteiger partial charge in [-0.2, -0.15) is 0 Å². The molecule has 0 bridgehead atoms. The summed E-state index contributed by atoms with van der Waals surface area (Å²) < 4.78 is 0. The molecule has 0 fully saturated rings. The third kappa shape index (κ3) is 1.98. The molecule has 0 unspecified atom stereocenters. The second-order valence-electron chi connectivity index (χ2n) is 3.42. The Hall–Kier alpha value is -1.46. The smallest absolute Gasteiger partial charge is 0.130 e. The lowest BCUT2D eigenvalue weighted by Crippen LogP contribution is -2.20. The van der Waals surface area contributed by atoms with E-state index in [-0.39, 0.29) is 6.61 Å². The van der Waals surface area contributed by atoms with Crippen LogP contribution in [0.4, 0.5) is 5.82 Å². The van der Waals surface area contributed by atoms with Gasteiger partial charge in [-0.1, -0.05) is 6.08 Å². The molecule has 0 atom stereocenters. The molecule has 0 saturated carbocycles. The van der Waals surface area contributed by atoms with E-state index in [9.17, 15) is 0 Å². The maximum Gasteiger partial charge on any atom is 0.130 e. The average molecular weight is 206 g/mol. The van der Waals surface area contributed by atoms with Gasteiger partial charge in [-0.05, 0) is 12.0 Å². The second-order valence-corrected chi connectivity index (χ2v) is 3.42. The van der Waals surface area contributed by atoms with Gasteiger partial charge in [0, 0.05) is 18.7 Å². The molecule has 0 radical (unpaired) electrons. The predicted octanol–water partition coefficient (Wildman–Crippen LogP) is -0.420. The standard InChI is InChI=1S/C10H14N4O/c11-10-8-2-1-7(5-12-3-4-15)9(8)13-6-14-10/h1,6,12,15H,2-5H2,(H2,11,13,14). The molecular weight excluding hydrogens is 192 g/mol. The second kappa shape index (κ2) is 4.37. The monoisotopic (exact) mass is 206 g/mol. The van der Waals surface area contributed by atoms with E-state index in [0.717, 1.165) is 23.3 Å². The molecule has 1 aliphatic carbocycles. The summed E-state index contributed by atoms with van der Waals surface area (Å²) in [5, 5.41) is 11.8. The highest BCUT2D eigenvalue weighted by molar-refractivity contribution is 5.74. The summed E-state index contributed by atoms with van der Waals surface area (Å²) in [5.74, 6) is 0.563. The zero-order valence-corrected chi connectivity index (χ0v) is 8.40. The topological polar surface area (TPSA) is 84.1 Å². The van der Waals surface area contributed by atoms with E-state index in [1.807, 2.05) is 0 Å². The number of nitrogens with one attached hydrogen (secondary N) is 1. The molecule has 2 rings (SSSR count). The van der Waals surface area contributed by atoms with Gasteiger partial charge in [0.05, 0.1) is 12.3 Å². The van der Waals surface area contributed by atoms with E-state index >= 15 is 0 Å². The van der Waals surface area contributed by atoms with Crippen LogP contribution >= 0.6 is 0 Å². The number of aromatic nitrogens is 2.